The fourth-order valence-corrected chi connectivity index (χ4v) is 3.23. The minimum atomic E-state index is -0.186. The lowest BCUT2D eigenvalue weighted by Crippen LogP contribution is -2.26. The molecule has 3 aromatic rings. The second kappa shape index (κ2) is 11.7. The molecule has 6 heteroatoms. The number of carbonyl (C=O) groups is 2. The Hall–Kier alpha value is -3.80. The molecule has 2 amide bonds. The van der Waals surface area contributed by atoms with Gasteiger partial charge in [-0.05, 0) is 41.8 Å². The van der Waals surface area contributed by atoms with E-state index < -0.39 is 0 Å². The van der Waals surface area contributed by atoms with Crippen molar-refractivity contribution in [2.24, 2.45) is 5.92 Å². The van der Waals surface area contributed by atoms with Crippen molar-refractivity contribution in [3.05, 3.63) is 90.0 Å². The first-order valence-corrected chi connectivity index (χ1v) is 11.1. The van der Waals surface area contributed by atoms with E-state index in [0.29, 0.717) is 36.0 Å². The maximum atomic E-state index is 12.8. The van der Waals surface area contributed by atoms with Crippen LogP contribution in [-0.2, 0) is 11.3 Å². The van der Waals surface area contributed by atoms with Gasteiger partial charge >= 0.3 is 0 Å². The summed E-state index contributed by atoms with van der Waals surface area (Å²) < 4.78 is 5.71. The summed E-state index contributed by atoms with van der Waals surface area (Å²) in [5.74, 6) is 0.882. The zero-order valence-electron chi connectivity index (χ0n) is 19.4. The second-order valence-electron chi connectivity index (χ2n) is 8.36. The number of carbonyl (C=O) groups excluding carboxylic acids is 2. The maximum absolute atomic E-state index is 12.8. The van der Waals surface area contributed by atoms with Crippen LogP contribution in [-0.4, -0.2) is 36.9 Å². The number of ether oxygens (including phenoxy) is 1. The van der Waals surface area contributed by atoms with E-state index in [9.17, 15) is 9.59 Å². The Balaban J connectivity index is 1.53. The summed E-state index contributed by atoms with van der Waals surface area (Å²) in [5.41, 5.74) is 3.01. The Bertz CT molecular complexity index is 1070. The number of anilines is 2. The van der Waals surface area contributed by atoms with Gasteiger partial charge in [-0.25, -0.2) is 0 Å². The molecule has 0 aliphatic rings. The van der Waals surface area contributed by atoms with E-state index in [1.54, 1.807) is 30.1 Å². The molecule has 0 aliphatic carbocycles. The summed E-state index contributed by atoms with van der Waals surface area (Å²) in [4.78, 5) is 26.9. The number of amides is 2. The van der Waals surface area contributed by atoms with Crippen molar-refractivity contribution >= 4 is 23.2 Å². The Kier molecular flexibility index (Phi) is 8.47. The zero-order valence-corrected chi connectivity index (χ0v) is 19.4. The predicted molar refractivity (Wildman–Crippen MR) is 133 cm³/mol. The number of hydrogen-bond donors (Lipinski definition) is 2. The van der Waals surface area contributed by atoms with Crippen molar-refractivity contribution < 1.29 is 14.3 Å². The van der Waals surface area contributed by atoms with Crippen molar-refractivity contribution in [1.82, 2.24) is 4.90 Å². The summed E-state index contributed by atoms with van der Waals surface area (Å²) in [6.07, 6.45) is 0. The van der Waals surface area contributed by atoms with Crippen molar-refractivity contribution in [3.8, 4) is 5.75 Å². The van der Waals surface area contributed by atoms with Crippen LogP contribution < -0.4 is 15.4 Å². The molecule has 0 bridgehead atoms. The van der Waals surface area contributed by atoms with Gasteiger partial charge < -0.3 is 20.3 Å². The standard InChI is InChI=1S/C27H31N3O3/c1-20(2)19-33-25-14-8-13-24(16-25)29-26(31)17-28-23-12-7-11-22(15-23)27(32)30(3)18-21-9-5-4-6-10-21/h4-16,20,28H,17-19H2,1-3H3,(H,29,31). The highest BCUT2D eigenvalue weighted by molar-refractivity contribution is 5.96. The van der Waals surface area contributed by atoms with Gasteiger partial charge in [0, 0.05) is 36.6 Å². The van der Waals surface area contributed by atoms with Gasteiger partial charge in [-0.1, -0.05) is 56.3 Å². The van der Waals surface area contributed by atoms with Crippen LogP contribution in [0.15, 0.2) is 78.9 Å². The van der Waals surface area contributed by atoms with Gasteiger partial charge in [0.2, 0.25) is 5.91 Å². The fourth-order valence-electron chi connectivity index (χ4n) is 3.23. The van der Waals surface area contributed by atoms with Crippen molar-refractivity contribution in [3.63, 3.8) is 0 Å². The molecule has 172 valence electrons. The van der Waals surface area contributed by atoms with Crippen LogP contribution in [0.2, 0.25) is 0 Å². The molecule has 3 rings (SSSR count). The van der Waals surface area contributed by atoms with Gasteiger partial charge in [-0.3, -0.25) is 9.59 Å². The van der Waals surface area contributed by atoms with E-state index in [0.717, 1.165) is 11.3 Å². The molecule has 0 aliphatic heterocycles. The third kappa shape index (κ3) is 7.68. The molecular formula is C27H31N3O3. The predicted octanol–water partition coefficient (Wildman–Crippen LogP) is 5.04. The number of benzene rings is 3. The first-order chi connectivity index (χ1) is 15.9. The molecule has 3 aromatic carbocycles. The van der Waals surface area contributed by atoms with Crippen molar-refractivity contribution in [1.29, 1.82) is 0 Å². The smallest absolute Gasteiger partial charge is 0.253 e. The van der Waals surface area contributed by atoms with Crippen LogP contribution >= 0.6 is 0 Å². The molecule has 0 saturated heterocycles. The number of nitrogens with zero attached hydrogens (tertiary/aromatic N) is 1. The minimum absolute atomic E-state index is 0.0780. The Morgan fingerprint density at radius 3 is 2.39 bits per heavy atom. The average Bonchev–Trinajstić information content (AvgIpc) is 2.82. The lowest BCUT2D eigenvalue weighted by atomic mass is 10.1. The molecule has 6 nitrogen and oxygen atoms in total. The molecule has 0 unspecified atom stereocenters. The molecule has 0 spiro atoms. The third-order valence-electron chi connectivity index (χ3n) is 4.87. The van der Waals surface area contributed by atoms with Gasteiger partial charge in [0.05, 0.1) is 13.2 Å². The number of hydrogen-bond acceptors (Lipinski definition) is 4. The maximum Gasteiger partial charge on any atom is 0.253 e. The van der Waals surface area contributed by atoms with Crippen LogP contribution in [0.4, 0.5) is 11.4 Å². The highest BCUT2D eigenvalue weighted by Gasteiger charge is 2.13. The molecule has 33 heavy (non-hydrogen) atoms. The van der Waals surface area contributed by atoms with E-state index in [4.69, 9.17) is 4.74 Å². The topological polar surface area (TPSA) is 70.7 Å². The summed E-state index contributed by atoms with van der Waals surface area (Å²) in [6.45, 7) is 5.39. The second-order valence-corrected chi connectivity index (χ2v) is 8.36. The Morgan fingerprint density at radius 2 is 1.64 bits per heavy atom. The van der Waals surface area contributed by atoms with E-state index in [2.05, 4.69) is 24.5 Å². The van der Waals surface area contributed by atoms with E-state index in [1.165, 1.54) is 0 Å². The van der Waals surface area contributed by atoms with E-state index >= 15 is 0 Å². The molecule has 0 heterocycles. The van der Waals surface area contributed by atoms with Gasteiger partial charge in [0.25, 0.3) is 5.91 Å². The third-order valence-corrected chi connectivity index (χ3v) is 4.87. The average molecular weight is 446 g/mol. The zero-order chi connectivity index (χ0) is 23.6. The van der Waals surface area contributed by atoms with E-state index in [-0.39, 0.29) is 18.4 Å². The highest BCUT2D eigenvalue weighted by atomic mass is 16.5. The van der Waals surface area contributed by atoms with Crippen LogP contribution in [0.5, 0.6) is 5.75 Å². The monoisotopic (exact) mass is 445 g/mol. The number of rotatable bonds is 10. The van der Waals surface area contributed by atoms with Gasteiger partial charge in [-0.2, -0.15) is 0 Å². The van der Waals surface area contributed by atoms with Crippen LogP contribution in [0.3, 0.4) is 0 Å². The van der Waals surface area contributed by atoms with Gasteiger partial charge in [0.15, 0.2) is 0 Å². The lowest BCUT2D eigenvalue weighted by Gasteiger charge is -2.18. The molecule has 2 N–H and O–H groups in total. The van der Waals surface area contributed by atoms with Crippen LogP contribution in [0.1, 0.15) is 29.8 Å². The highest BCUT2D eigenvalue weighted by Crippen LogP contribution is 2.18. The summed E-state index contributed by atoms with van der Waals surface area (Å²) in [5, 5.41) is 5.96. The van der Waals surface area contributed by atoms with E-state index in [1.807, 2.05) is 60.7 Å². The Morgan fingerprint density at radius 1 is 0.909 bits per heavy atom. The van der Waals surface area contributed by atoms with Gasteiger partial charge in [0.1, 0.15) is 5.75 Å². The molecular weight excluding hydrogens is 414 g/mol. The summed E-state index contributed by atoms with van der Waals surface area (Å²) in [6, 6.07) is 24.4. The summed E-state index contributed by atoms with van der Waals surface area (Å²) >= 11 is 0. The summed E-state index contributed by atoms with van der Waals surface area (Å²) in [7, 11) is 1.78. The first-order valence-electron chi connectivity index (χ1n) is 11.1. The molecule has 0 radical (unpaired) electrons. The normalized spacial score (nSPS) is 10.5. The molecule has 0 fully saturated rings. The van der Waals surface area contributed by atoms with Crippen molar-refractivity contribution in [2.45, 2.75) is 20.4 Å². The largest absolute Gasteiger partial charge is 0.493 e. The molecule has 0 atom stereocenters. The SMILES string of the molecule is CC(C)COc1cccc(NC(=O)CNc2cccc(C(=O)N(C)Cc3ccccc3)c2)c1. The van der Waals surface area contributed by atoms with Gasteiger partial charge in [-0.15, -0.1) is 0 Å². The first kappa shape index (κ1) is 23.9. The Labute approximate surface area is 195 Å². The minimum Gasteiger partial charge on any atom is -0.493 e. The quantitative estimate of drug-likeness (QED) is 0.458. The fraction of sp³-hybridized carbons (Fsp3) is 0.259. The molecule has 0 saturated carbocycles. The van der Waals surface area contributed by atoms with Crippen LogP contribution in [0, 0.1) is 5.92 Å². The number of nitrogens with one attached hydrogen (secondary N) is 2. The van der Waals surface area contributed by atoms with Crippen LogP contribution in [0.25, 0.3) is 0 Å². The van der Waals surface area contributed by atoms with Crippen molar-refractivity contribution in [2.75, 3.05) is 30.8 Å². The molecule has 0 aromatic heterocycles. The lowest BCUT2D eigenvalue weighted by molar-refractivity contribution is -0.114.